The largest absolute Gasteiger partial charge is 0.345 e. The zero-order chi connectivity index (χ0) is 19.3. The number of aromatic nitrogens is 4. The van der Waals surface area contributed by atoms with Crippen LogP contribution in [0.1, 0.15) is 34.5 Å². The Morgan fingerprint density at radius 2 is 1.93 bits per heavy atom. The maximum absolute atomic E-state index is 12.8. The summed E-state index contributed by atoms with van der Waals surface area (Å²) in [4.78, 5) is 17.2. The number of anilines is 1. The minimum absolute atomic E-state index is 0.167. The first-order valence-electron chi connectivity index (χ1n) is 8.82. The van der Waals surface area contributed by atoms with Gasteiger partial charge in [0, 0.05) is 40.2 Å². The van der Waals surface area contributed by atoms with Gasteiger partial charge in [-0.2, -0.15) is 5.10 Å². The lowest BCUT2D eigenvalue weighted by atomic mass is 10.2. The number of halogens is 1. The zero-order valence-corrected chi connectivity index (χ0v) is 16.4. The molecule has 0 fully saturated rings. The third-order valence-corrected chi connectivity index (χ3v) is 5.08. The summed E-state index contributed by atoms with van der Waals surface area (Å²) >= 11 is 6.39. The lowest BCUT2D eigenvalue weighted by Crippen LogP contribution is -2.13. The summed E-state index contributed by atoms with van der Waals surface area (Å²) in [7, 11) is 0. The van der Waals surface area contributed by atoms with Gasteiger partial charge in [-0.25, -0.2) is 9.50 Å². The van der Waals surface area contributed by atoms with E-state index in [9.17, 15) is 4.79 Å². The van der Waals surface area contributed by atoms with Crippen LogP contribution >= 0.6 is 11.6 Å². The number of hydrogen-bond donors (Lipinski definition) is 1. The van der Waals surface area contributed by atoms with Crippen LogP contribution in [0, 0.1) is 20.8 Å². The van der Waals surface area contributed by atoms with Crippen LogP contribution < -0.4 is 5.32 Å². The summed E-state index contributed by atoms with van der Waals surface area (Å²) in [5.74, 6) is -0.353. The van der Waals surface area contributed by atoms with Gasteiger partial charge in [-0.15, -0.1) is 0 Å². The molecule has 0 saturated carbocycles. The van der Waals surface area contributed by atoms with Crippen molar-refractivity contribution < 1.29 is 4.79 Å². The molecule has 3 aromatic heterocycles. The first-order valence-corrected chi connectivity index (χ1v) is 9.20. The van der Waals surface area contributed by atoms with E-state index in [0.717, 1.165) is 28.8 Å². The molecular formula is C20H20ClN5O. The van der Waals surface area contributed by atoms with Crippen molar-refractivity contribution >= 4 is 39.7 Å². The van der Waals surface area contributed by atoms with E-state index >= 15 is 0 Å². The van der Waals surface area contributed by atoms with Crippen molar-refractivity contribution in [3.8, 4) is 0 Å². The van der Waals surface area contributed by atoms with Crippen molar-refractivity contribution in [1.82, 2.24) is 19.2 Å². The Labute approximate surface area is 161 Å². The second-order valence-corrected chi connectivity index (χ2v) is 7.07. The van der Waals surface area contributed by atoms with E-state index in [4.69, 9.17) is 11.6 Å². The molecule has 0 saturated heterocycles. The minimum Gasteiger partial charge on any atom is -0.345 e. The van der Waals surface area contributed by atoms with Crippen molar-refractivity contribution in [2.24, 2.45) is 0 Å². The summed E-state index contributed by atoms with van der Waals surface area (Å²) in [6.45, 7) is 8.89. The van der Waals surface area contributed by atoms with E-state index in [2.05, 4.69) is 39.9 Å². The lowest BCUT2D eigenvalue weighted by Gasteiger charge is -2.06. The molecule has 0 aliphatic carbocycles. The van der Waals surface area contributed by atoms with Gasteiger partial charge in [0.05, 0.1) is 0 Å². The molecule has 7 heteroatoms. The first kappa shape index (κ1) is 17.5. The van der Waals surface area contributed by atoms with Crippen LogP contribution in [0.25, 0.3) is 16.6 Å². The molecule has 1 N–H and O–H groups in total. The number of nitrogens with one attached hydrogen (secondary N) is 1. The molecule has 0 atom stereocenters. The molecule has 0 aliphatic rings. The van der Waals surface area contributed by atoms with E-state index in [0.29, 0.717) is 11.3 Å². The van der Waals surface area contributed by atoms with Gasteiger partial charge in [0.15, 0.2) is 11.3 Å². The predicted molar refractivity (Wildman–Crippen MR) is 108 cm³/mol. The highest BCUT2D eigenvalue weighted by Crippen LogP contribution is 2.26. The van der Waals surface area contributed by atoms with E-state index in [-0.39, 0.29) is 16.6 Å². The van der Waals surface area contributed by atoms with Crippen LogP contribution in [0.2, 0.25) is 5.02 Å². The van der Waals surface area contributed by atoms with Crippen molar-refractivity contribution in [3.63, 3.8) is 0 Å². The Balaban J connectivity index is 1.70. The van der Waals surface area contributed by atoms with Crippen LogP contribution in [0.5, 0.6) is 0 Å². The maximum Gasteiger partial charge on any atom is 0.277 e. The average molecular weight is 382 g/mol. The molecule has 1 amide bonds. The lowest BCUT2D eigenvalue weighted by molar-refractivity contribution is 0.102. The number of nitrogens with zero attached hydrogens (tertiary/aromatic N) is 4. The molecule has 0 aliphatic heterocycles. The van der Waals surface area contributed by atoms with Gasteiger partial charge in [-0.3, -0.25) is 4.79 Å². The van der Waals surface area contributed by atoms with Crippen molar-refractivity contribution in [1.29, 1.82) is 0 Å². The van der Waals surface area contributed by atoms with Gasteiger partial charge in [-0.1, -0.05) is 11.6 Å². The van der Waals surface area contributed by atoms with Gasteiger partial charge in [0.2, 0.25) is 0 Å². The fraction of sp³-hybridized carbons (Fsp3) is 0.250. The molecule has 1 aromatic carbocycles. The van der Waals surface area contributed by atoms with Crippen LogP contribution in [-0.2, 0) is 6.54 Å². The van der Waals surface area contributed by atoms with Crippen LogP contribution in [0.15, 0.2) is 30.3 Å². The number of amides is 1. The summed E-state index contributed by atoms with van der Waals surface area (Å²) in [5, 5.41) is 8.59. The van der Waals surface area contributed by atoms with E-state index in [1.165, 1.54) is 5.69 Å². The van der Waals surface area contributed by atoms with E-state index < -0.39 is 0 Å². The number of fused-ring (bicyclic) bond motifs is 2. The minimum atomic E-state index is -0.353. The van der Waals surface area contributed by atoms with Crippen molar-refractivity contribution in [2.45, 2.75) is 34.2 Å². The Bertz CT molecular complexity index is 1200. The monoisotopic (exact) mass is 381 g/mol. The molecule has 0 spiro atoms. The SMILES string of the molecule is CCn1c(C)cc2cc(NC(=O)c3nn4c(C)cc(C)nc4c3Cl)ccc21. The molecule has 27 heavy (non-hydrogen) atoms. The normalized spacial score (nSPS) is 11.4. The Morgan fingerprint density at radius 1 is 1.15 bits per heavy atom. The third-order valence-electron chi connectivity index (χ3n) is 4.74. The van der Waals surface area contributed by atoms with Gasteiger partial charge < -0.3 is 9.88 Å². The Kier molecular flexibility index (Phi) is 4.15. The molecular weight excluding hydrogens is 362 g/mol. The predicted octanol–water partition coefficient (Wildman–Crippen LogP) is 4.53. The molecule has 4 aromatic rings. The fourth-order valence-electron chi connectivity index (χ4n) is 3.54. The van der Waals surface area contributed by atoms with Gasteiger partial charge >= 0.3 is 0 Å². The Hall–Kier alpha value is -2.86. The molecule has 6 nitrogen and oxygen atoms in total. The highest BCUT2D eigenvalue weighted by Gasteiger charge is 2.20. The summed E-state index contributed by atoms with van der Waals surface area (Å²) < 4.78 is 3.83. The summed E-state index contributed by atoms with van der Waals surface area (Å²) in [6.07, 6.45) is 0. The number of carbonyl (C=O) groups is 1. The molecule has 0 unspecified atom stereocenters. The molecule has 0 bridgehead atoms. The van der Waals surface area contributed by atoms with Crippen LogP contribution in [0.4, 0.5) is 5.69 Å². The number of rotatable bonds is 3. The molecule has 0 radical (unpaired) electrons. The summed E-state index contributed by atoms with van der Waals surface area (Å²) in [5.41, 5.74) is 5.40. The van der Waals surface area contributed by atoms with Crippen molar-refractivity contribution in [2.75, 3.05) is 5.32 Å². The standard InChI is InChI=1S/C20H20ClN5O/c1-5-25-12(3)9-14-10-15(6-7-16(14)25)23-20(27)18-17(21)19-22-11(2)8-13(4)26(19)24-18/h6-10H,5H2,1-4H3,(H,23,27). The number of aryl methyl sites for hydroxylation is 4. The molecule has 138 valence electrons. The molecule has 4 rings (SSSR count). The van der Waals surface area contributed by atoms with Crippen LogP contribution in [-0.4, -0.2) is 25.1 Å². The van der Waals surface area contributed by atoms with Gasteiger partial charge in [0.25, 0.3) is 5.91 Å². The number of benzene rings is 1. The van der Waals surface area contributed by atoms with E-state index in [1.54, 1.807) is 4.52 Å². The highest BCUT2D eigenvalue weighted by atomic mass is 35.5. The smallest absolute Gasteiger partial charge is 0.277 e. The maximum atomic E-state index is 12.8. The fourth-order valence-corrected chi connectivity index (χ4v) is 3.78. The van der Waals surface area contributed by atoms with Crippen LogP contribution in [0.3, 0.4) is 0 Å². The van der Waals surface area contributed by atoms with E-state index in [1.807, 2.05) is 38.1 Å². The number of carbonyl (C=O) groups excluding carboxylic acids is 1. The zero-order valence-electron chi connectivity index (χ0n) is 15.7. The third kappa shape index (κ3) is 2.86. The van der Waals surface area contributed by atoms with Crippen molar-refractivity contribution in [3.05, 3.63) is 58.1 Å². The summed E-state index contributed by atoms with van der Waals surface area (Å²) in [6, 6.07) is 9.88. The second-order valence-electron chi connectivity index (χ2n) is 6.69. The van der Waals surface area contributed by atoms with Gasteiger partial charge in [-0.05, 0) is 58.0 Å². The molecule has 3 heterocycles. The first-order chi connectivity index (χ1) is 12.9. The highest BCUT2D eigenvalue weighted by molar-refractivity contribution is 6.37. The average Bonchev–Trinajstić information content (AvgIpc) is 3.11. The second kappa shape index (κ2) is 6.39. The Morgan fingerprint density at radius 3 is 2.67 bits per heavy atom. The topological polar surface area (TPSA) is 64.2 Å². The van der Waals surface area contributed by atoms with Gasteiger partial charge in [0.1, 0.15) is 5.02 Å². The number of hydrogen-bond acceptors (Lipinski definition) is 3. The quantitative estimate of drug-likeness (QED) is 0.566.